The maximum Gasteiger partial charge on any atom is 0.220 e. The predicted molar refractivity (Wildman–Crippen MR) is 91.5 cm³/mol. The Morgan fingerprint density at radius 2 is 2.00 bits per heavy atom. The third-order valence-corrected chi connectivity index (χ3v) is 3.85. The van der Waals surface area contributed by atoms with E-state index in [4.69, 9.17) is 4.42 Å². The largest absolute Gasteiger partial charge is 0.469 e. The Balaban J connectivity index is 1.43. The standard InChI is InChI=1S/C19H21N3O2/c23-19(9-8-17-7-4-14-24-17)21-11-10-18-20-12-13-22(18)15-16-5-2-1-3-6-16/h1-7,12-14H,8-11,15H2,(H,21,23). The van der Waals surface area contributed by atoms with Crippen LogP contribution in [0.15, 0.2) is 65.5 Å². The maximum atomic E-state index is 11.9. The van der Waals surface area contributed by atoms with Crippen molar-refractivity contribution in [3.8, 4) is 0 Å². The molecule has 0 aliphatic heterocycles. The molecule has 0 fully saturated rings. The normalized spacial score (nSPS) is 10.7. The number of rotatable bonds is 8. The molecule has 0 bridgehead atoms. The molecule has 2 heterocycles. The van der Waals surface area contributed by atoms with Gasteiger partial charge in [0, 0.05) is 44.7 Å². The average Bonchev–Trinajstić information content (AvgIpc) is 3.26. The first-order valence-corrected chi connectivity index (χ1v) is 8.14. The Labute approximate surface area is 141 Å². The van der Waals surface area contributed by atoms with E-state index in [0.29, 0.717) is 25.8 Å². The Morgan fingerprint density at radius 3 is 2.79 bits per heavy atom. The fourth-order valence-corrected chi connectivity index (χ4v) is 2.59. The van der Waals surface area contributed by atoms with Crippen LogP contribution in [0.3, 0.4) is 0 Å². The van der Waals surface area contributed by atoms with Gasteiger partial charge in [-0.25, -0.2) is 4.98 Å². The number of aromatic nitrogens is 2. The molecule has 0 aliphatic rings. The van der Waals surface area contributed by atoms with Crippen molar-refractivity contribution >= 4 is 5.91 Å². The minimum absolute atomic E-state index is 0.0348. The van der Waals surface area contributed by atoms with E-state index in [0.717, 1.165) is 18.1 Å². The van der Waals surface area contributed by atoms with Gasteiger partial charge in [-0.3, -0.25) is 4.79 Å². The van der Waals surface area contributed by atoms with E-state index in [2.05, 4.69) is 27.0 Å². The molecule has 0 radical (unpaired) electrons. The molecule has 124 valence electrons. The molecule has 5 nitrogen and oxygen atoms in total. The van der Waals surface area contributed by atoms with Crippen molar-refractivity contribution in [1.82, 2.24) is 14.9 Å². The Morgan fingerprint density at radius 1 is 1.12 bits per heavy atom. The molecule has 24 heavy (non-hydrogen) atoms. The summed E-state index contributed by atoms with van der Waals surface area (Å²) in [6, 6.07) is 14.0. The molecule has 0 unspecified atom stereocenters. The first kappa shape index (κ1) is 16.1. The van der Waals surface area contributed by atoms with Crippen molar-refractivity contribution < 1.29 is 9.21 Å². The van der Waals surface area contributed by atoms with Crippen molar-refractivity contribution in [3.63, 3.8) is 0 Å². The second-order valence-electron chi connectivity index (χ2n) is 5.64. The number of hydrogen-bond donors (Lipinski definition) is 1. The van der Waals surface area contributed by atoms with Gasteiger partial charge in [0.05, 0.1) is 6.26 Å². The lowest BCUT2D eigenvalue weighted by Crippen LogP contribution is -2.26. The highest BCUT2D eigenvalue weighted by Crippen LogP contribution is 2.06. The summed E-state index contributed by atoms with van der Waals surface area (Å²) in [5.41, 5.74) is 1.24. The smallest absolute Gasteiger partial charge is 0.220 e. The third-order valence-electron chi connectivity index (χ3n) is 3.85. The topological polar surface area (TPSA) is 60.1 Å². The lowest BCUT2D eigenvalue weighted by atomic mass is 10.2. The SMILES string of the molecule is O=C(CCc1ccco1)NCCc1nccn1Cc1ccccc1. The van der Waals surface area contributed by atoms with E-state index in [-0.39, 0.29) is 5.91 Å². The molecule has 1 N–H and O–H groups in total. The Hall–Kier alpha value is -2.82. The highest BCUT2D eigenvalue weighted by atomic mass is 16.3. The van der Waals surface area contributed by atoms with Crippen molar-refractivity contribution in [2.75, 3.05) is 6.54 Å². The summed E-state index contributed by atoms with van der Waals surface area (Å²) >= 11 is 0. The van der Waals surface area contributed by atoms with Gasteiger partial charge in [0.25, 0.3) is 0 Å². The summed E-state index contributed by atoms with van der Waals surface area (Å²) < 4.78 is 7.34. The zero-order chi connectivity index (χ0) is 16.6. The van der Waals surface area contributed by atoms with Crippen LogP contribution in [-0.2, 0) is 24.2 Å². The van der Waals surface area contributed by atoms with Gasteiger partial charge in [-0.1, -0.05) is 30.3 Å². The second kappa shape index (κ2) is 8.15. The van der Waals surface area contributed by atoms with Crippen LogP contribution in [0.5, 0.6) is 0 Å². The van der Waals surface area contributed by atoms with Crippen LogP contribution in [-0.4, -0.2) is 22.0 Å². The van der Waals surface area contributed by atoms with Crippen LogP contribution in [0, 0.1) is 0 Å². The first-order valence-electron chi connectivity index (χ1n) is 8.14. The summed E-state index contributed by atoms with van der Waals surface area (Å²) in [6.45, 7) is 1.38. The number of nitrogens with zero attached hydrogens (tertiary/aromatic N) is 2. The van der Waals surface area contributed by atoms with E-state index >= 15 is 0 Å². The lowest BCUT2D eigenvalue weighted by molar-refractivity contribution is -0.121. The van der Waals surface area contributed by atoms with E-state index < -0.39 is 0 Å². The Bertz CT molecular complexity index is 748. The van der Waals surface area contributed by atoms with Gasteiger partial charge in [0.1, 0.15) is 11.6 Å². The molecule has 2 aromatic heterocycles. The molecule has 3 rings (SSSR count). The number of nitrogens with one attached hydrogen (secondary N) is 1. The monoisotopic (exact) mass is 323 g/mol. The third kappa shape index (κ3) is 4.59. The number of imidazole rings is 1. The van der Waals surface area contributed by atoms with Crippen LogP contribution in [0.4, 0.5) is 0 Å². The molecule has 0 atom stereocenters. The van der Waals surface area contributed by atoms with Gasteiger partial charge in [0.2, 0.25) is 5.91 Å². The van der Waals surface area contributed by atoms with Crippen molar-refractivity contribution in [3.05, 3.63) is 78.3 Å². The highest BCUT2D eigenvalue weighted by Gasteiger charge is 2.06. The number of amides is 1. The van der Waals surface area contributed by atoms with Gasteiger partial charge >= 0.3 is 0 Å². The van der Waals surface area contributed by atoms with E-state index in [1.165, 1.54) is 5.56 Å². The van der Waals surface area contributed by atoms with Gasteiger partial charge in [-0.05, 0) is 17.7 Å². The maximum absolute atomic E-state index is 11.9. The van der Waals surface area contributed by atoms with E-state index in [9.17, 15) is 4.79 Å². The van der Waals surface area contributed by atoms with Crippen molar-refractivity contribution in [2.45, 2.75) is 25.8 Å². The molecule has 0 aliphatic carbocycles. The van der Waals surface area contributed by atoms with Crippen LogP contribution in [0.2, 0.25) is 0 Å². The number of carbonyl (C=O) groups excluding carboxylic acids is 1. The van der Waals surface area contributed by atoms with Gasteiger partial charge in [-0.15, -0.1) is 0 Å². The summed E-state index contributed by atoms with van der Waals surface area (Å²) in [5, 5.41) is 2.94. The molecule has 0 saturated heterocycles. The first-order chi connectivity index (χ1) is 11.8. The average molecular weight is 323 g/mol. The fourth-order valence-electron chi connectivity index (χ4n) is 2.59. The molecular formula is C19H21N3O2. The molecule has 0 saturated carbocycles. The number of benzene rings is 1. The van der Waals surface area contributed by atoms with E-state index in [1.54, 1.807) is 12.5 Å². The minimum Gasteiger partial charge on any atom is -0.469 e. The Kier molecular flexibility index (Phi) is 5.45. The molecule has 0 spiro atoms. The number of hydrogen-bond acceptors (Lipinski definition) is 3. The summed E-state index contributed by atoms with van der Waals surface area (Å²) in [7, 11) is 0. The quantitative estimate of drug-likeness (QED) is 0.693. The van der Waals surface area contributed by atoms with Gasteiger partial charge in [0.15, 0.2) is 0 Å². The molecule has 3 aromatic rings. The molecular weight excluding hydrogens is 302 g/mol. The molecule has 1 aromatic carbocycles. The summed E-state index contributed by atoms with van der Waals surface area (Å²) in [6.07, 6.45) is 7.18. The van der Waals surface area contributed by atoms with Crippen LogP contribution in [0.1, 0.15) is 23.6 Å². The number of carbonyl (C=O) groups is 1. The lowest BCUT2D eigenvalue weighted by Gasteiger charge is -2.09. The van der Waals surface area contributed by atoms with Gasteiger partial charge < -0.3 is 14.3 Å². The van der Waals surface area contributed by atoms with Crippen molar-refractivity contribution in [2.24, 2.45) is 0 Å². The van der Waals surface area contributed by atoms with E-state index in [1.807, 2.05) is 36.5 Å². The number of aryl methyl sites for hydroxylation is 1. The summed E-state index contributed by atoms with van der Waals surface area (Å²) in [4.78, 5) is 16.3. The fraction of sp³-hybridized carbons (Fsp3) is 0.263. The molecule has 1 amide bonds. The van der Waals surface area contributed by atoms with Crippen LogP contribution in [0.25, 0.3) is 0 Å². The zero-order valence-electron chi connectivity index (χ0n) is 13.5. The minimum atomic E-state index is 0.0348. The van der Waals surface area contributed by atoms with Crippen LogP contribution < -0.4 is 5.32 Å². The number of furan rings is 1. The zero-order valence-corrected chi connectivity index (χ0v) is 13.5. The highest BCUT2D eigenvalue weighted by molar-refractivity contribution is 5.76. The van der Waals surface area contributed by atoms with Crippen molar-refractivity contribution in [1.29, 1.82) is 0 Å². The van der Waals surface area contributed by atoms with Crippen LogP contribution >= 0.6 is 0 Å². The second-order valence-corrected chi connectivity index (χ2v) is 5.64. The predicted octanol–water partition coefficient (Wildman–Crippen LogP) is 2.82. The van der Waals surface area contributed by atoms with Gasteiger partial charge in [-0.2, -0.15) is 0 Å². The summed E-state index contributed by atoms with van der Waals surface area (Å²) in [5.74, 6) is 1.85. The molecule has 5 heteroatoms.